The standard InChI is InChI=1S/C12H20O4/c1-4-7-14-10-11(15-8-5-2)12(13)16-9-6-3/h4-9,11-13H,10H2,1-3H3. The Hall–Kier alpha value is -1.42. The number of hydrogen-bond donors (Lipinski definition) is 1. The molecule has 0 saturated carbocycles. The lowest BCUT2D eigenvalue weighted by atomic mass is 10.3. The number of rotatable bonds is 8. The lowest BCUT2D eigenvalue weighted by Crippen LogP contribution is -2.32. The third-order valence-electron chi connectivity index (χ3n) is 1.55. The molecule has 4 heteroatoms. The van der Waals surface area contributed by atoms with Crippen LogP contribution in [0.5, 0.6) is 0 Å². The van der Waals surface area contributed by atoms with Crippen molar-refractivity contribution in [2.45, 2.75) is 33.2 Å². The minimum atomic E-state index is -1.06. The summed E-state index contributed by atoms with van der Waals surface area (Å²) in [4.78, 5) is 0. The van der Waals surface area contributed by atoms with Crippen molar-refractivity contribution < 1.29 is 19.3 Å². The first-order valence-corrected chi connectivity index (χ1v) is 5.20. The van der Waals surface area contributed by atoms with Crippen LogP contribution in [0.1, 0.15) is 20.8 Å². The molecule has 0 radical (unpaired) electrons. The Morgan fingerprint density at radius 1 is 0.938 bits per heavy atom. The second-order valence-electron chi connectivity index (χ2n) is 2.94. The highest BCUT2D eigenvalue weighted by Gasteiger charge is 2.20. The van der Waals surface area contributed by atoms with Gasteiger partial charge in [0.15, 0.2) is 6.10 Å². The molecule has 0 aliphatic heterocycles. The minimum Gasteiger partial charge on any atom is -0.497 e. The summed E-state index contributed by atoms with van der Waals surface area (Å²) in [7, 11) is 0. The molecule has 0 fully saturated rings. The summed E-state index contributed by atoms with van der Waals surface area (Å²) in [6.07, 6.45) is 7.98. The zero-order valence-electron chi connectivity index (χ0n) is 10.00. The normalized spacial score (nSPS) is 15.8. The summed E-state index contributed by atoms with van der Waals surface area (Å²) in [5.41, 5.74) is 0. The monoisotopic (exact) mass is 228 g/mol. The van der Waals surface area contributed by atoms with Crippen molar-refractivity contribution in [3.05, 3.63) is 37.0 Å². The molecule has 0 aliphatic rings. The van der Waals surface area contributed by atoms with E-state index in [1.54, 1.807) is 25.2 Å². The van der Waals surface area contributed by atoms with Crippen LogP contribution in [0.15, 0.2) is 37.0 Å². The van der Waals surface area contributed by atoms with E-state index in [1.165, 1.54) is 18.8 Å². The fourth-order valence-electron chi connectivity index (χ4n) is 0.862. The van der Waals surface area contributed by atoms with E-state index in [-0.39, 0.29) is 6.61 Å². The highest BCUT2D eigenvalue weighted by molar-refractivity contribution is 4.75. The molecule has 0 aliphatic carbocycles. The molecule has 0 aromatic rings. The molecule has 0 amide bonds. The van der Waals surface area contributed by atoms with Gasteiger partial charge in [-0.05, 0) is 20.8 Å². The van der Waals surface area contributed by atoms with E-state index in [0.29, 0.717) is 0 Å². The lowest BCUT2D eigenvalue weighted by molar-refractivity contribution is -0.144. The number of ether oxygens (including phenoxy) is 3. The minimum absolute atomic E-state index is 0.216. The molecule has 2 atom stereocenters. The van der Waals surface area contributed by atoms with Crippen molar-refractivity contribution in [2.24, 2.45) is 0 Å². The van der Waals surface area contributed by atoms with Gasteiger partial charge >= 0.3 is 0 Å². The first kappa shape index (κ1) is 14.6. The van der Waals surface area contributed by atoms with E-state index in [9.17, 15) is 5.11 Å². The summed E-state index contributed by atoms with van der Waals surface area (Å²) in [5.74, 6) is 0. The van der Waals surface area contributed by atoms with E-state index < -0.39 is 12.4 Å². The van der Waals surface area contributed by atoms with Gasteiger partial charge in [-0.3, -0.25) is 0 Å². The molecule has 0 heterocycles. The van der Waals surface area contributed by atoms with Gasteiger partial charge in [-0.1, -0.05) is 18.2 Å². The molecule has 2 unspecified atom stereocenters. The SMILES string of the molecule is CC=COCC(OC=CC)C(O)OC=CC. The van der Waals surface area contributed by atoms with Gasteiger partial charge in [0.05, 0.1) is 18.8 Å². The Kier molecular flexibility index (Phi) is 9.21. The van der Waals surface area contributed by atoms with Crippen LogP contribution in [-0.2, 0) is 14.2 Å². The van der Waals surface area contributed by atoms with Crippen LogP contribution >= 0.6 is 0 Å². The predicted molar refractivity (Wildman–Crippen MR) is 62.4 cm³/mol. The van der Waals surface area contributed by atoms with Crippen molar-refractivity contribution in [3.8, 4) is 0 Å². The Labute approximate surface area is 96.8 Å². The van der Waals surface area contributed by atoms with Crippen molar-refractivity contribution >= 4 is 0 Å². The van der Waals surface area contributed by atoms with Crippen molar-refractivity contribution in [1.29, 1.82) is 0 Å². The van der Waals surface area contributed by atoms with Gasteiger partial charge in [0.25, 0.3) is 0 Å². The summed E-state index contributed by atoms with van der Waals surface area (Å²) < 4.78 is 15.4. The maximum absolute atomic E-state index is 9.63. The first-order chi connectivity index (χ1) is 7.76. The quantitative estimate of drug-likeness (QED) is 0.511. The highest BCUT2D eigenvalue weighted by atomic mass is 16.6. The lowest BCUT2D eigenvalue weighted by Gasteiger charge is -2.21. The number of hydrogen-bond acceptors (Lipinski definition) is 4. The molecule has 4 nitrogen and oxygen atoms in total. The van der Waals surface area contributed by atoms with Crippen LogP contribution in [0.2, 0.25) is 0 Å². The Bertz CT molecular complexity index is 233. The smallest absolute Gasteiger partial charge is 0.237 e. The third kappa shape index (κ3) is 6.95. The largest absolute Gasteiger partial charge is 0.497 e. The summed E-state index contributed by atoms with van der Waals surface area (Å²) in [6.45, 7) is 5.68. The predicted octanol–water partition coefficient (Wildman–Crippen LogP) is 2.32. The summed E-state index contributed by atoms with van der Waals surface area (Å²) in [5, 5.41) is 9.63. The van der Waals surface area contributed by atoms with Crippen molar-refractivity contribution in [3.63, 3.8) is 0 Å². The van der Waals surface area contributed by atoms with Gasteiger partial charge in [-0.15, -0.1) is 0 Å². The molecule has 0 rings (SSSR count). The third-order valence-corrected chi connectivity index (χ3v) is 1.55. The average Bonchev–Trinajstić information content (AvgIpc) is 2.30. The zero-order valence-corrected chi connectivity index (χ0v) is 10.00. The van der Waals surface area contributed by atoms with E-state index in [2.05, 4.69) is 0 Å². The number of allylic oxidation sites excluding steroid dienone is 3. The first-order valence-electron chi connectivity index (χ1n) is 5.20. The zero-order chi connectivity index (χ0) is 12.2. The second-order valence-corrected chi connectivity index (χ2v) is 2.94. The summed E-state index contributed by atoms with van der Waals surface area (Å²) in [6, 6.07) is 0. The van der Waals surface area contributed by atoms with Crippen LogP contribution in [0.4, 0.5) is 0 Å². The van der Waals surface area contributed by atoms with Gasteiger partial charge in [-0.25, -0.2) is 0 Å². The fourth-order valence-corrected chi connectivity index (χ4v) is 0.862. The second kappa shape index (κ2) is 10.1. The van der Waals surface area contributed by atoms with Crippen LogP contribution in [0.3, 0.4) is 0 Å². The van der Waals surface area contributed by atoms with Crippen LogP contribution in [-0.4, -0.2) is 24.1 Å². The van der Waals surface area contributed by atoms with Crippen LogP contribution in [0, 0.1) is 0 Å². The van der Waals surface area contributed by atoms with E-state index in [4.69, 9.17) is 14.2 Å². The maximum Gasteiger partial charge on any atom is 0.237 e. The highest BCUT2D eigenvalue weighted by Crippen LogP contribution is 2.04. The molecule has 16 heavy (non-hydrogen) atoms. The average molecular weight is 228 g/mol. The van der Waals surface area contributed by atoms with Gasteiger partial charge in [-0.2, -0.15) is 0 Å². The van der Waals surface area contributed by atoms with Gasteiger partial charge in [0.2, 0.25) is 6.29 Å². The van der Waals surface area contributed by atoms with Crippen LogP contribution in [0.25, 0.3) is 0 Å². The molecule has 0 bridgehead atoms. The Morgan fingerprint density at radius 3 is 2.06 bits per heavy atom. The van der Waals surface area contributed by atoms with Gasteiger partial charge < -0.3 is 19.3 Å². The van der Waals surface area contributed by atoms with Crippen molar-refractivity contribution in [2.75, 3.05) is 6.61 Å². The Balaban J connectivity index is 4.15. The molecular weight excluding hydrogens is 208 g/mol. The van der Waals surface area contributed by atoms with Crippen LogP contribution < -0.4 is 0 Å². The van der Waals surface area contributed by atoms with E-state index >= 15 is 0 Å². The van der Waals surface area contributed by atoms with Gasteiger partial charge in [0.1, 0.15) is 6.61 Å². The fraction of sp³-hybridized carbons (Fsp3) is 0.500. The molecular formula is C12H20O4. The topological polar surface area (TPSA) is 47.9 Å². The molecule has 0 spiro atoms. The number of aliphatic hydroxyl groups excluding tert-OH is 1. The maximum atomic E-state index is 9.63. The summed E-state index contributed by atoms with van der Waals surface area (Å²) >= 11 is 0. The van der Waals surface area contributed by atoms with Gasteiger partial charge in [0, 0.05) is 0 Å². The Morgan fingerprint density at radius 2 is 1.50 bits per heavy atom. The molecule has 92 valence electrons. The van der Waals surface area contributed by atoms with E-state index in [1.807, 2.05) is 13.8 Å². The molecule has 0 saturated heterocycles. The molecule has 1 N–H and O–H groups in total. The van der Waals surface area contributed by atoms with Crippen molar-refractivity contribution in [1.82, 2.24) is 0 Å². The number of aliphatic hydroxyl groups is 1. The molecule has 0 aromatic heterocycles. The van der Waals surface area contributed by atoms with E-state index in [0.717, 1.165) is 0 Å². The molecule has 0 aromatic carbocycles.